The number of aliphatic imine (C=N–C) groups is 1. The van der Waals surface area contributed by atoms with Gasteiger partial charge in [-0.15, -0.1) is 0 Å². The number of ether oxygens (including phenoxy) is 1. The van der Waals surface area contributed by atoms with Gasteiger partial charge < -0.3 is 15.4 Å². The Morgan fingerprint density at radius 2 is 1.79 bits per heavy atom. The summed E-state index contributed by atoms with van der Waals surface area (Å²) in [5.41, 5.74) is -5.23. The van der Waals surface area contributed by atoms with Crippen molar-refractivity contribution in [3.8, 4) is 0 Å². The molecule has 12 heteroatoms. The molecule has 0 aromatic rings. The van der Waals surface area contributed by atoms with Crippen molar-refractivity contribution in [1.29, 1.82) is 0 Å². The molecule has 0 amide bonds. The van der Waals surface area contributed by atoms with Gasteiger partial charge in [0.1, 0.15) is 0 Å². The van der Waals surface area contributed by atoms with Gasteiger partial charge in [-0.05, 0) is 24.7 Å². The van der Waals surface area contributed by atoms with E-state index in [-0.39, 0.29) is 19.0 Å². The standard InChI is InChI=1S/C17H32F3N5O3S/c1-14(13-24-7-9-28-10-8-24)11-22-16(21-2)23-12-15-3-5-25(6-4-15)29(26,27)17(18,19)20/h14-15H,3-13H2,1-2H3,(H2,21,22,23). The molecule has 0 spiro atoms. The van der Waals surface area contributed by atoms with Crippen LogP contribution in [-0.2, 0) is 14.8 Å². The van der Waals surface area contributed by atoms with E-state index in [9.17, 15) is 21.6 Å². The third-order valence-electron chi connectivity index (χ3n) is 5.28. The summed E-state index contributed by atoms with van der Waals surface area (Å²) in [7, 11) is -3.56. The van der Waals surface area contributed by atoms with E-state index >= 15 is 0 Å². The van der Waals surface area contributed by atoms with Gasteiger partial charge >= 0.3 is 15.5 Å². The van der Waals surface area contributed by atoms with E-state index in [0.717, 1.165) is 39.4 Å². The van der Waals surface area contributed by atoms with Gasteiger partial charge in [0, 0.05) is 52.9 Å². The molecule has 2 aliphatic heterocycles. The lowest BCUT2D eigenvalue weighted by atomic mass is 9.98. The van der Waals surface area contributed by atoms with Gasteiger partial charge in [-0.2, -0.15) is 17.5 Å². The zero-order valence-electron chi connectivity index (χ0n) is 17.0. The smallest absolute Gasteiger partial charge is 0.379 e. The van der Waals surface area contributed by atoms with Crippen LogP contribution in [0.3, 0.4) is 0 Å². The van der Waals surface area contributed by atoms with Crippen molar-refractivity contribution in [2.45, 2.75) is 25.3 Å². The molecule has 1 unspecified atom stereocenters. The number of sulfonamides is 1. The zero-order chi connectivity index (χ0) is 21.5. The average molecular weight is 444 g/mol. The lowest BCUT2D eigenvalue weighted by Crippen LogP contribution is -2.48. The van der Waals surface area contributed by atoms with E-state index in [2.05, 4.69) is 27.4 Å². The van der Waals surface area contributed by atoms with Crippen LogP contribution in [0.25, 0.3) is 0 Å². The number of morpholine rings is 1. The highest BCUT2D eigenvalue weighted by molar-refractivity contribution is 7.90. The van der Waals surface area contributed by atoms with Gasteiger partial charge in [0.25, 0.3) is 0 Å². The first-order chi connectivity index (χ1) is 13.6. The highest BCUT2D eigenvalue weighted by Crippen LogP contribution is 2.30. The minimum Gasteiger partial charge on any atom is -0.379 e. The van der Waals surface area contributed by atoms with E-state index in [1.807, 2.05) is 0 Å². The Balaban J connectivity index is 1.68. The fourth-order valence-electron chi connectivity index (χ4n) is 3.52. The molecule has 8 nitrogen and oxygen atoms in total. The van der Waals surface area contributed by atoms with Crippen LogP contribution in [-0.4, -0.2) is 95.2 Å². The maximum atomic E-state index is 12.6. The molecule has 29 heavy (non-hydrogen) atoms. The number of halogens is 3. The maximum absolute atomic E-state index is 12.6. The van der Waals surface area contributed by atoms with Gasteiger partial charge in [0.05, 0.1) is 13.2 Å². The molecule has 0 aromatic heterocycles. The van der Waals surface area contributed by atoms with Crippen molar-refractivity contribution in [2.24, 2.45) is 16.8 Å². The predicted octanol–water partition coefficient (Wildman–Crippen LogP) is 0.681. The fourth-order valence-corrected chi connectivity index (χ4v) is 4.51. The van der Waals surface area contributed by atoms with Crippen LogP contribution < -0.4 is 10.6 Å². The van der Waals surface area contributed by atoms with Crippen molar-refractivity contribution < 1.29 is 26.3 Å². The fraction of sp³-hybridized carbons (Fsp3) is 0.941. The third kappa shape index (κ3) is 7.26. The van der Waals surface area contributed by atoms with Crippen molar-refractivity contribution >= 4 is 16.0 Å². The third-order valence-corrected chi connectivity index (χ3v) is 6.91. The Labute approximate surface area is 170 Å². The number of hydrogen-bond acceptors (Lipinski definition) is 5. The molecular formula is C17H32F3N5O3S. The van der Waals surface area contributed by atoms with Gasteiger partial charge in [-0.3, -0.25) is 9.89 Å². The minimum atomic E-state index is -5.23. The normalized spacial score (nSPS) is 22.4. The summed E-state index contributed by atoms with van der Waals surface area (Å²) in [4.78, 5) is 6.55. The summed E-state index contributed by atoms with van der Waals surface area (Å²) < 4.78 is 66.7. The molecule has 2 saturated heterocycles. The number of rotatable bonds is 7. The molecule has 0 aliphatic carbocycles. The Morgan fingerprint density at radius 1 is 1.17 bits per heavy atom. The summed E-state index contributed by atoms with van der Waals surface area (Å²) in [6, 6.07) is 0. The Kier molecular flexibility index (Phi) is 8.98. The second-order valence-electron chi connectivity index (χ2n) is 7.65. The molecule has 0 aromatic carbocycles. The molecule has 1 atom stereocenters. The van der Waals surface area contributed by atoms with Gasteiger partial charge in [-0.1, -0.05) is 6.92 Å². The zero-order valence-corrected chi connectivity index (χ0v) is 17.9. The molecule has 2 heterocycles. The van der Waals surface area contributed by atoms with Crippen LogP contribution in [0.4, 0.5) is 13.2 Å². The Morgan fingerprint density at radius 3 is 2.34 bits per heavy atom. The van der Waals surface area contributed by atoms with Crippen molar-refractivity contribution in [1.82, 2.24) is 19.8 Å². The topological polar surface area (TPSA) is 86.3 Å². The first-order valence-electron chi connectivity index (χ1n) is 9.94. The van der Waals surface area contributed by atoms with E-state index in [0.29, 0.717) is 35.6 Å². The SMILES string of the molecule is CN=C(NCC(C)CN1CCOCC1)NCC1CCN(S(=O)(=O)C(F)(F)F)CC1. The average Bonchev–Trinajstić information content (AvgIpc) is 2.68. The summed E-state index contributed by atoms with van der Waals surface area (Å²) in [6.07, 6.45) is 0.763. The predicted molar refractivity (Wildman–Crippen MR) is 105 cm³/mol. The lowest BCUT2D eigenvalue weighted by Gasteiger charge is -2.32. The molecular weight excluding hydrogens is 411 g/mol. The number of hydrogen-bond donors (Lipinski definition) is 2. The second-order valence-corrected chi connectivity index (χ2v) is 9.57. The largest absolute Gasteiger partial charge is 0.511 e. The molecule has 0 bridgehead atoms. The number of nitrogens with one attached hydrogen (secondary N) is 2. The number of piperidine rings is 1. The lowest BCUT2D eigenvalue weighted by molar-refractivity contribution is -0.0496. The molecule has 0 saturated carbocycles. The van der Waals surface area contributed by atoms with Crippen LogP contribution in [0, 0.1) is 11.8 Å². The van der Waals surface area contributed by atoms with Crippen molar-refractivity contribution in [3.63, 3.8) is 0 Å². The molecule has 170 valence electrons. The first-order valence-corrected chi connectivity index (χ1v) is 11.4. The summed E-state index contributed by atoms with van der Waals surface area (Å²) in [5.74, 6) is 1.16. The second kappa shape index (κ2) is 10.8. The highest BCUT2D eigenvalue weighted by atomic mass is 32.2. The van der Waals surface area contributed by atoms with Crippen LogP contribution in [0.5, 0.6) is 0 Å². The van der Waals surface area contributed by atoms with E-state index in [1.165, 1.54) is 0 Å². The summed E-state index contributed by atoms with van der Waals surface area (Å²) >= 11 is 0. The van der Waals surface area contributed by atoms with E-state index in [4.69, 9.17) is 4.74 Å². The molecule has 2 fully saturated rings. The Hall–Kier alpha value is -1.11. The number of nitrogens with zero attached hydrogens (tertiary/aromatic N) is 3. The van der Waals surface area contributed by atoms with Crippen LogP contribution in [0.15, 0.2) is 4.99 Å². The van der Waals surface area contributed by atoms with Crippen LogP contribution in [0.2, 0.25) is 0 Å². The van der Waals surface area contributed by atoms with Gasteiger partial charge in [-0.25, -0.2) is 8.42 Å². The van der Waals surface area contributed by atoms with E-state index < -0.39 is 15.5 Å². The molecule has 2 rings (SSSR count). The summed E-state index contributed by atoms with van der Waals surface area (Å²) in [6.45, 7) is 7.62. The van der Waals surface area contributed by atoms with Gasteiger partial charge in [0.15, 0.2) is 5.96 Å². The van der Waals surface area contributed by atoms with Crippen molar-refractivity contribution in [3.05, 3.63) is 0 Å². The van der Waals surface area contributed by atoms with Crippen LogP contribution in [0.1, 0.15) is 19.8 Å². The quantitative estimate of drug-likeness (QED) is 0.445. The molecule has 2 aliphatic rings. The van der Waals surface area contributed by atoms with E-state index in [1.54, 1.807) is 7.05 Å². The highest BCUT2D eigenvalue weighted by Gasteiger charge is 2.50. The Bertz CT molecular complexity index is 631. The number of guanidine groups is 1. The van der Waals surface area contributed by atoms with Crippen LogP contribution >= 0.6 is 0 Å². The summed E-state index contributed by atoms with van der Waals surface area (Å²) in [5, 5.41) is 6.47. The monoisotopic (exact) mass is 443 g/mol. The molecule has 2 N–H and O–H groups in total. The maximum Gasteiger partial charge on any atom is 0.511 e. The number of alkyl halides is 3. The van der Waals surface area contributed by atoms with Crippen molar-refractivity contribution in [2.75, 3.05) is 66.1 Å². The van der Waals surface area contributed by atoms with Gasteiger partial charge in [0.2, 0.25) is 0 Å². The molecule has 0 radical (unpaired) electrons. The minimum absolute atomic E-state index is 0.0963. The first kappa shape index (κ1) is 24.2.